The summed E-state index contributed by atoms with van der Waals surface area (Å²) in [6, 6.07) is 10.3. The summed E-state index contributed by atoms with van der Waals surface area (Å²) >= 11 is 3.22. The molecular weight excluding hydrogens is 355 g/mol. The monoisotopic (exact) mass is 366 g/mol. The van der Waals surface area contributed by atoms with E-state index in [0.29, 0.717) is 10.2 Å². The summed E-state index contributed by atoms with van der Waals surface area (Å²) < 4.78 is 23.9. The number of hydrogen-bond acceptors (Lipinski definition) is 4. The number of benzene rings is 2. The molecule has 0 saturated heterocycles. The van der Waals surface area contributed by atoms with Gasteiger partial charge in [0.05, 0.1) is 18.2 Å². The SMILES string of the molecule is COc1ccc(Br)c(C(=O)OCC(=O)c2ccccc2F)c1. The highest BCUT2D eigenvalue weighted by molar-refractivity contribution is 9.10. The predicted molar refractivity (Wildman–Crippen MR) is 81.7 cm³/mol. The van der Waals surface area contributed by atoms with Crippen molar-refractivity contribution in [1.82, 2.24) is 0 Å². The van der Waals surface area contributed by atoms with Gasteiger partial charge in [-0.1, -0.05) is 12.1 Å². The lowest BCUT2D eigenvalue weighted by molar-refractivity contribution is 0.0472. The van der Waals surface area contributed by atoms with Gasteiger partial charge in [0, 0.05) is 4.47 Å². The van der Waals surface area contributed by atoms with Crippen molar-refractivity contribution < 1.29 is 23.5 Å². The Labute approximate surface area is 135 Å². The minimum Gasteiger partial charge on any atom is -0.497 e. The molecule has 0 aliphatic carbocycles. The first kappa shape index (κ1) is 16.2. The molecule has 2 aromatic carbocycles. The van der Waals surface area contributed by atoms with E-state index in [-0.39, 0.29) is 11.1 Å². The third kappa shape index (κ3) is 3.71. The van der Waals surface area contributed by atoms with E-state index in [0.717, 1.165) is 0 Å². The molecule has 0 aliphatic rings. The van der Waals surface area contributed by atoms with Crippen LogP contribution in [0.4, 0.5) is 4.39 Å². The molecular formula is C16H12BrFO4. The summed E-state index contributed by atoms with van der Waals surface area (Å²) in [4.78, 5) is 23.9. The summed E-state index contributed by atoms with van der Waals surface area (Å²) in [6.07, 6.45) is 0. The van der Waals surface area contributed by atoms with Gasteiger partial charge in [-0.25, -0.2) is 9.18 Å². The highest BCUT2D eigenvalue weighted by Crippen LogP contribution is 2.23. The van der Waals surface area contributed by atoms with E-state index in [9.17, 15) is 14.0 Å². The average Bonchev–Trinajstić information content (AvgIpc) is 2.53. The Hall–Kier alpha value is -2.21. The van der Waals surface area contributed by atoms with E-state index in [1.165, 1.54) is 37.4 Å². The topological polar surface area (TPSA) is 52.6 Å². The number of ether oxygens (including phenoxy) is 2. The van der Waals surface area contributed by atoms with Crippen LogP contribution in [0.2, 0.25) is 0 Å². The lowest BCUT2D eigenvalue weighted by atomic mass is 10.1. The van der Waals surface area contributed by atoms with Crippen LogP contribution in [0.5, 0.6) is 5.75 Å². The van der Waals surface area contributed by atoms with E-state index in [2.05, 4.69) is 15.9 Å². The van der Waals surface area contributed by atoms with Crippen LogP contribution in [-0.2, 0) is 4.74 Å². The first-order valence-electron chi connectivity index (χ1n) is 6.31. The second-order valence-electron chi connectivity index (χ2n) is 4.32. The Bertz CT molecular complexity index is 715. The molecule has 4 nitrogen and oxygen atoms in total. The molecule has 114 valence electrons. The summed E-state index contributed by atoms with van der Waals surface area (Å²) in [5.41, 5.74) is 0.112. The molecule has 6 heteroatoms. The lowest BCUT2D eigenvalue weighted by Crippen LogP contribution is -2.15. The molecule has 0 heterocycles. The highest BCUT2D eigenvalue weighted by atomic mass is 79.9. The molecule has 0 aliphatic heterocycles. The molecule has 22 heavy (non-hydrogen) atoms. The number of methoxy groups -OCH3 is 1. The van der Waals surface area contributed by atoms with Crippen molar-refractivity contribution in [1.29, 1.82) is 0 Å². The fourth-order valence-electron chi connectivity index (χ4n) is 1.76. The average molecular weight is 367 g/mol. The van der Waals surface area contributed by atoms with Crippen LogP contribution in [-0.4, -0.2) is 25.5 Å². The number of halogens is 2. The second kappa shape index (κ2) is 7.17. The standard InChI is InChI=1S/C16H12BrFO4/c1-21-10-6-7-13(17)12(8-10)16(20)22-9-15(19)11-4-2-3-5-14(11)18/h2-8H,9H2,1H3. The number of Topliss-reactive ketones (excluding diaryl/α,β-unsaturated/α-hetero) is 1. The van der Waals surface area contributed by atoms with Crippen molar-refractivity contribution in [3.8, 4) is 5.75 Å². The molecule has 0 saturated carbocycles. The van der Waals surface area contributed by atoms with Crippen LogP contribution in [0, 0.1) is 5.82 Å². The quantitative estimate of drug-likeness (QED) is 0.598. The van der Waals surface area contributed by atoms with Crippen LogP contribution < -0.4 is 4.74 Å². The molecule has 2 aromatic rings. The van der Waals surface area contributed by atoms with E-state index >= 15 is 0 Å². The Kier molecular flexibility index (Phi) is 5.27. The zero-order valence-corrected chi connectivity index (χ0v) is 13.2. The minimum absolute atomic E-state index is 0.111. The summed E-state index contributed by atoms with van der Waals surface area (Å²) in [7, 11) is 1.47. The molecule has 0 bridgehead atoms. The molecule has 0 aromatic heterocycles. The maximum atomic E-state index is 13.5. The van der Waals surface area contributed by atoms with Crippen molar-refractivity contribution in [2.75, 3.05) is 13.7 Å². The van der Waals surface area contributed by atoms with Crippen LogP contribution in [0.15, 0.2) is 46.9 Å². The van der Waals surface area contributed by atoms with Crippen LogP contribution in [0.3, 0.4) is 0 Å². The Balaban J connectivity index is 2.07. The van der Waals surface area contributed by atoms with E-state index in [1.807, 2.05) is 0 Å². The van der Waals surface area contributed by atoms with Gasteiger partial charge in [0.1, 0.15) is 11.6 Å². The van der Waals surface area contributed by atoms with Crippen molar-refractivity contribution >= 4 is 27.7 Å². The maximum Gasteiger partial charge on any atom is 0.339 e. The zero-order valence-electron chi connectivity index (χ0n) is 11.6. The first-order chi connectivity index (χ1) is 10.5. The van der Waals surface area contributed by atoms with Gasteiger partial charge >= 0.3 is 5.97 Å². The van der Waals surface area contributed by atoms with Crippen molar-refractivity contribution in [3.63, 3.8) is 0 Å². The number of ketones is 1. The number of carbonyl (C=O) groups excluding carboxylic acids is 2. The molecule has 0 radical (unpaired) electrons. The normalized spacial score (nSPS) is 10.1. The summed E-state index contributed by atoms with van der Waals surface area (Å²) in [5.74, 6) is -1.47. The molecule has 0 fully saturated rings. The third-order valence-corrected chi connectivity index (χ3v) is 3.59. The molecule has 0 N–H and O–H groups in total. The van der Waals surface area contributed by atoms with Gasteiger partial charge in [0.25, 0.3) is 0 Å². The first-order valence-corrected chi connectivity index (χ1v) is 7.10. The summed E-state index contributed by atoms with van der Waals surface area (Å²) in [6.45, 7) is -0.538. The van der Waals surface area contributed by atoms with Crippen molar-refractivity contribution in [2.24, 2.45) is 0 Å². The Morgan fingerprint density at radius 2 is 1.86 bits per heavy atom. The molecule has 2 rings (SSSR count). The van der Waals surface area contributed by atoms with Gasteiger partial charge in [-0.05, 0) is 46.3 Å². The summed E-state index contributed by atoms with van der Waals surface area (Å²) in [5, 5.41) is 0. The van der Waals surface area contributed by atoms with Gasteiger partial charge in [-0.3, -0.25) is 4.79 Å². The van der Waals surface area contributed by atoms with Gasteiger partial charge in [-0.2, -0.15) is 0 Å². The van der Waals surface area contributed by atoms with Gasteiger partial charge in [0.15, 0.2) is 6.61 Å². The highest BCUT2D eigenvalue weighted by Gasteiger charge is 2.17. The predicted octanol–water partition coefficient (Wildman–Crippen LogP) is 3.64. The third-order valence-electron chi connectivity index (χ3n) is 2.90. The number of carbonyl (C=O) groups is 2. The lowest BCUT2D eigenvalue weighted by Gasteiger charge is -2.08. The van der Waals surface area contributed by atoms with Gasteiger partial charge in [-0.15, -0.1) is 0 Å². The smallest absolute Gasteiger partial charge is 0.339 e. The van der Waals surface area contributed by atoms with Gasteiger partial charge < -0.3 is 9.47 Å². The van der Waals surface area contributed by atoms with E-state index in [1.54, 1.807) is 12.1 Å². The number of hydrogen-bond donors (Lipinski definition) is 0. The second-order valence-corrected chi connectivity index (χ2v) is 5.18. The maximum absolute atomic E-state index is 13.5. The van der Waals surface area contributed by atoms with E-state index < -0.39 is 24.2 Å². The van der Waals surface area contributed by atoms with Crippen LogP contribution in [0.1, 0.15) is 20.7 Å². The Morgan fingerprint density at radius 3 is 2.55 bits per heavy atom. The van der Waals surface area contributed by atoms with Crippen LogP contribution in [0.25, 0.3) is 0 Å². The van der Waals surface area contributed by atoms with E-state index in [4.69, 9.17) is 9.47 Å². The molecule has 0 amide bonds. The fraction of sp³-hybridized carbons (Fsp3) is 0.125. The molecule has 0 atom stereocenters. The van der Waals surface area contributed by atoms with Crippen LogP contribution >= 0.6 is 15.9 Å². The largest absolute Gasteiger partial charge is 0.497 e. The van der Waals surface area contributed by atoms with Crippen molar-refractivity contribution in [3.05, 3.63) is 63.9 Å². The molecule has 0 spiro atoms. The van der Waals surface area contributed by atoms with Gasteiger partial charge in [0.2, 0.25) is 5.78 Å². The zero-order chi connectivity index (χ0) is 16.1. The minimum atomic E-state index is -0.699. The number of rotatable bonds is 5. The molecule has 0 unspecified atom stereocenters. The number of esters is 1. The Morgan fingerprint density at radius 1 is 1.14 bits per heavy atom. The van der Waals surface area contributed by atoms with Crippen molar-refractivity contribution in [2.45, 2.75) is 0 Å². The fourth-order valence-corrected chi connectivity index (χ4v) is 2.17.